The topological polar surface area (TPSA) is 0 Å². The zero-order valence-electron chi connectivity index (χ0n) is 9.20. The van der Waals surface area contributed by atoms with Crippen LogP contribution in [-0.2, 0) is 0 Å². The van der Waals surface area contributed by atoms with E-state index in [0.717, 1.165) is 5.92 Å². The van der Waals surface area contributed by atoms with Crippen LogP contribution >= 0.6 is 0 Å². The van der Waals surface area contributed by atoms with Crippen LogP contribution in [0.25, 0.3) is 0 Å². The maximum atomic E-state index is 4.18. The van der Waals surface area contributed by atoms with Crippen molar-refractivity contribution in [1.82, 2.24) is 0 Å². The summed E-state index contributed by atoms with van der Waals surface area (Å²) in [5.41, 5.74) is 2.27. The van der Waals surface area contributed by atoms with Gasteiger partial charge < -0.3 is 0 Å². The van der Waals surface area contributed by atoms with Gasteiger partial charge in [0.05, 0.1) is 0 Å². The van der Waals surface area contributed by atoms with Crippen LogP contribution in [0.2, 0.25) is 0 Å². The molecule has 0 heteroatoms. The number of allylic oxidation sites excluding steroid dienone is 1. The summed E-state index contributed by atoms with van der Waals surface area (Å²) < 4.78 is 0. The van der Waals surface area contributed by atoms with Crippen LogP contribution in [0.15, 0.2) is 12.2 Å². The molecule has 1 saturated carbocycles. The Labute approximate surface area is 77.1 Å². The molecule has 1 aliphatic carbocycles. The summed E-state index contributed by atoms with van der Waals surface area (Å²) in [6.07, 6.45) is 2.48. The van der Waals surface area contributed by atoms with Crippen LogP contribution < -0.4 is 0 Å². The van der Waals surface area contributed by atoms with Crippen LogP contribution in [0.1, 0.15) is 47.5 Å². The lowest BCUT2D eigenvalue weighted by Crippen LogP contribution is -2.49. The fourth-order valence-corrected chi connectivity index (χ4v) is 2.52. The molecule has 0 radical (unpaired) electrons. The van der Waals surface area contributed by atoms with Crippen molar-refractivity contribution in [2.45, 2.75) is 47.5 Å². The largest absolute Gasteiger partial charge is 0.0993 e. The van der Waals surface area contributed by atoms with Gasteiger partial charge in [-0.3, -0.25) is 0 Å². The van der Waals surface area contributed by atoms with Crippen LogP contribution in [0.3, 0.4) is 0 Å². The summed E-state index contributed by atoms with van der Waals surface area (Å²) >= 11 is 0. The predicted octanol–water partition coefficient (Wildman–Crippen LogP) is 4.02. The van der Waals surface area contributed by atoms with Gasteiger partial charge in [-0.15, -0.1) is 0 Å². The van der Waals surface area contributed by atoms with E-state index in [2.05, 4.69) is 41.2 Å². The van der Waals surface area contributed by atoms with Crippen molar-refractivity contribution in [3.63, 3.8) is 0 Å². The average Bonchev–Trinajstić information content (AvgIpc) is 2.03. The lowest BCUT2D eigenvalue weighted by atomic mass is 9.47. The molecule has 0 nitrogen and oxygen atoms in total. The molecule has 2 unspecified atom stereocenters. The third-order valence-corrected chi connectivity index (χ3v) is 4.56. The summed E-state index contributed by atoms with van der Waals surface area (Å²) in [5.74, 6) is 0.819. The minimum absolute atomic E-state index is 0.391. The summed E-state index contributed by atoms with van der Waals surface area (Å²) in [6, 6.07) is 0. The van der Waals surface area contributed by atoms with Gasteiger partial charge in [-0.1, -0.05) is 53.2 Å². The SMILES string of the molecule is C=C1CC(C)C1(C)C(C)(C)CC. The number of hydrogen-bond acceptors (Lipinski definition) is 0. The van der Waals surface area contributed by atoms with E-state index in [1.165, 1.54) is 18.4 Å². The standard InChI is InChI=1S/C12H22/c1-7-11(4,5)12(6)9(2)8-10(12)3/h10H,2,7-8H2,1,3-6H3. The molecule has 0 aromatic heterocycles. The minimum Gasteiger partial charge on any atom is -0.0993 e. The highest BCUT2D eigenvalue weighted by Gasteiger charge is 2.52. The summed E-state index contributed by atoms with van der Waals surface area (Å²) in [6.45, 7) is 15.9. The van der Waals surface area contributed by atoms with Crippen molar-refractivity contribution in [2.75, 3.05) is 0 Å². The first kappa shape index (κ1) is 9.83. The highest BCUT2D eigenvalue weighted by molar-refractivity contribution is 5.25. The third kappa shape index (κ3) is 0.967. The Hall–Kier alpha value is -0.260. The van der Waals surface area contributed by atoms with E-state index >= 15 is 0 Å². The first-order chi connectivity index (χ1) is 5.36. The molecule has 0 aromatic carbocycles. The molecular weight excluding hydrogens is 144 g/mol. The van der Waals surface area contributed by atoms with E-state index in [4.69, 9.17) is 0 Å². The highest BCUT2D eigenvalue weighted by atomic mass is 14.6. The highest BCUT2D eigenvalue weighted by Crippen LogP contribution is 2.61. The molecule has 70 valence electrons. The predicted molar refractivity (Wildman–Crippen MR) is 55.1 cm³/mol. The molecule has 1 rings (SSSR count). The molecule has 12 heavy (non-hydrogen) atoms. The van der Waals surface area contributed by atoms with Crippen LogP contribution in [0.5, 0.6) is 0 Å². The molecule has 0 bridgehead atoms. The lowest BCUT2D eigenvalue weighted by Gasteiger charge is -2.57. The normalized spacial score (nSPS) is 36.4. The maximum Gasteiger partial charge on any atom is -0.00393 e. The van der Waals surface area contributed by atoms with Gasteiger partial charge in [0.25, 0.3) is 0 Å². The molecule has 0 spiro atoms. The van der Waals surface area contributed by atoms with Gasteiger partial charge in [-0.2, -0.15) is 0 Å². The molecule has 0 aliphatic heterocycles. The van der Waals surface area contributed by atoms with Crippen LogP contribution in [-0.4, -0.2) is 0 Å². The van der Waals surface area contributed by atoms with Gasteiger partial charge in [0.15, 0.2) is 0 Å². The molecule has 0 saturated heterocycles. The Bertz CT molecular complexity index is 200. The monoisotopic (exact) mass is 166 g/mol. The third-order valence-electron chi connectivity index (χ3n) is 4.56. The summed E-state index contributed by atoms with van der Waals surface area (Å²) in [4.78, 5) is 0. The Morgan fingerprint density at radius 3 is 2.25 bits per heavy atom. The average molecular weight is 166 g/mol. The first-order valence-corrected chi connectivity index (χ1v) is 5.04. The molecule has 1 fully saturated rings. The second kappa shape index (κ2) is 2.61. The van der Waals surface area contributed by atoms with E-state index in [1.54, 1.807) is 0 Å². The molecular formula is C12H22. The Kier molecular flexibility index (Phi) is 2.14. The van der Waals surface area contributed by atoms with Crippen molar-refractivity contribution >= 4 is 0 Å². The maximum absolute atomic E-state index is 4.18. The fourth-order valence-electron chi connectivity index (χ4n) is 2.52. The van der Waals surface area contributed by atoms with Crippen LogP contribution in [0, 0.1) is 16.7 Å². The molecule has 0 amide bonds. The van der Waals surface area contributed by atoms with E-state index in [1.807, 2.05) is 0 Å². The number of rotatable bonds is 2. The molecule has 0 heterocycles. The van der Waals surface area contributed by atoms with Gasteiger partial charge in [-0.25, -0.2) is 0 Å². The summed E-state index contributed by atoms with van der Waals surface area (Å²) in [7, 11) is 0. The number of hydrogen-bond donors (Lipinski definition) is 0. The van der Waals surface area contributed by atoms with E-state index in [9.17, 15) is 0 Å². The van der Waals surface area contributed by atoms with E-state index in [-0.39, 0.29) is 0 Å². The van der Waals surface area contributed by atoms with Gasteiger partial charge in [-0.05, 0) is 23.2 Å². The lowest BCUT2D eigenvalue weighted by molar-refractivity contribution is 0.00731. The van der Waals surface area contributed by atoms with Crippen LogP contribution in [0.4, 0.5) is 0 Å². The smallest absolute Gasteiger partial charge is 0.00393 e. The minimum atomic E-state index is 0.391. The zero-order valence-corrected chi connectivity index (χ0v) is 9.20. The van der Waals surface area contributed by atoms with Gasteiger partial charge in [0, 0.05) is 0 Å². The van der Waals surface area contributed by atoms with E-state index in [0.29, 0.717) is 10.8 Å². The molecule has 0 N–H and O–H groups in total. The van der Waals surface area contributed by atoms with Gasteiger partial charge in [0.2, 0.25) is 0 Å². The van der Waals surface area contributed by atoms with Gasteiger partial charge >= 0.3 is 0 Å². The molecule has 1 aliphatic rings. The van der Waals surface area contributed by atoms with Crippen molar-refractivity contribution in [2.24, 2.45) is 16.7 Å². The van der Waals surface area contributed by atoms with Crippen molar-refractivity contribution in [1.29, 1.82) is 0 Å². The Morgan fingerprint density at radius 1 is 1.58 bits per heavy atom. The quantitative estimate of drug-likeness (QED) is 0.543. The molecule has 2 atom stereocenters. The fraction of sp³-hybridized carbons (Fsp3) is 0.833. The van der Waals surface area contributed by atoms with E-state index < -0.39 is 0 Å². The second-order valence-corrected chi connectivity index (χ2v) is 5.15. The van der Waals surface area contributed by atoms with Crippen molar-refractivity contribution < 1.29 is 0 Å². The molecule has 0 aromatic rings. The van der Waals surface area contributed by atoms with Crippen molar-refractivity contribution in [3.8, 4) is 0 Å². The Balaban J connectivity index is 2.91. The van der Waals surface area contributed by atoms with Gasteiger partial charge in [0.1, 0.15) is 0 Å². The van der Waals surface area contributed by atoms with Crippen molar-refractivity contribution in [3.05, 3.63) is 12.2 Å². The summed E-state index contributed by atoms with van der Waals surface area (Å²) in [5, 5.41) is 0. The zero-order chi connectivity index (χ0) is 9.57. The first-order valence-electron chi connectivity index (χ1n) is 5.04. The Morgan fingerprint density at radius 2 is 2.08 bits per heavy atom. The second-order valence-electron chi connectivity index (χ2n) is 5.15.